The minimum Gasteiger partial charge on any atom is -0.497 e. The standard InChI is InChI=1S/C25H27N3O2S/c1-30-23-11-3-19(4-12-23)25(29)26-20-5-7-21(8-6-20)27-15-17-28(18-16-27)22-9-13-24(31-2)14-10-22/h3-14H,15-18H2,1-2H3,(H,26,29). The van der Waals surface area contributed by atoms with Gasteiger partial charge in [-0.05, 0) is 79.1 Å². The van der Waals surface area contributed by atoms with Crippen molar-refractivity contribution in [3.05, 3.63) is 78.4 Å². The second-order valence-electron chi connectivity index (χ2n) is 7.40. The Kier molecular flexibility index (Phi) is 6.67. The fourth-order valence-corrected chi connectivity index (χ4v) is 4.13. The highest BCUT2D eigenvalue weighted by atomic mass is 32.2. The molecule has 1 heterocycles. The monoisotopic (exact) mass is 433 g/mol. The van der Waals surface area contributed by atoms with Crippen LogP contribution in [0, 0.1) is 0 Å². The zero-order chi connectivity index (χ0) is 21.6. The van der Waals surface area contributed by atoms with Gasteiger partial charge in [0.25, 0.3) is 5.91 Å². The van der Waals surface area contributed by atoms with Crippen molar-refractivity contribution in [2.45, 2.75) is 4.90 Å². The van der Waals surface area contributed by atoms with E-state index in [1.54, 1.807) is 43.1 Å². The smallest absolute Gasteiger partial charge is 0.255 e. The Morgan fingerprint density at radius 2 is 1.32 bits per heavy atom. The van der Waals surface area contributed by atoms with Crippen LogP contribution in [0.2, 0.25) is 0 Å². The number of benzene rings is 3. The molecule has 1 saturated heterocycles. The lowest BCUT2D eigenvalue weighted by atomic mass is 10.2. The molecule has 0 radical (unpaired) electrons. The van der Waals surface area contributed by atoms with Gasteiger partial charge in [0, 0.05) is 53.7 Å². The van der Waals surface area contributed by atoms with Crippen molar-refractivity contribution in [3.8, 4) is 5.75 Å². The number of hydrogen-bond acceptors (Lipinski definition) is 5. The lowest BCUT2D eigenvalue weighted by Gasteiger charge is -2.37. The summed E-state index contributed by atoms with van der Waals surface area (Å²) in [5, 5.41) is 2.96. The molecule has 0 spiro atoms. The number of carbonyl (C=O) groups excluding carboxylic acids is 1. The van der Waals surface area contributed by atoms with Gasteiger partial charge in [-0.3, -0.25) is 4.79 Å². The van der Waals surface area contributed by atoms with Crippen LogP contribution in [0.25, 0.3) is 0 Å². The van der Waals surface area contributed by atoms with E-state index in [2.05, 4.69) is 57.8 Å². The molecule has 0 aromatic heterocycles. The van der Waals surface area contributed by atoms with Crippen LogP contribution in [0.15, 0.2) is 77.7 Å². The number of ether oxygens (including phenoxy) is 1. The van der Waals surface area contributed by atoms with Crippen LogP contribution in [0.1, 0.15) is 10.4 Å². The van der Waals surface area contributed by atoms with Gasteiger partial charge in [0.15, 0.2) is 0 Å². The van der Waals surface area contributed by atoms with Gasteiger partial charge in [-0.2, -0.15) is 0 Å². The predicted octanol–water partition coefficient (Wildman–Crippen LogP) is 5.00. The van der Waals surface area contributed by atoms with Gasteiger partial charge in [-0.15, -0.1) is 11.8 Å². The Balaban J connectivity index is 1.32. The quantitative estimate of drug-likeness (QED) is 0.555. The van der Waals surface area contributed by atoms with Crippen molar-refractivity contribution >= 4 is 34.7 Å². The molecular formula is C25H27N3O2S. The Morgan fingerprint density at radius 3 is 1.81 bits per heavy atom. The molecular weight excluding hydrogens is 406 g/mol. The first-order chi connectivity index (χ1) is 15.2. The molecule has 0 bridgehead atoms. The molecule has 1 fully saturated rings. The summed E-state index contributed by atoms with van der Waals surface area (Å²) in [5.74, 6) is 0.606. The van der Waals surface area contributed by atoms with E-state index >= 15 is 0 Å². The molecule has 3 aromatic rings. The van der Waals surface area contributed by atoms with E-state index in [1.165, 1.54) is 16.3 Å². The third-order valence-corrected chi connectivity index (χ3v) is 6.30. The van der Waals surface area contributed by atoms with E-state index in [-0.39, 0.29) is 5.91 Å². The Hall–Kier alpha value is -3.12. The van der Waals surface area contributed by atoms with E-state index in [9.17, 15) is 4.79 Å². The molecule has 160 valence electrons. The lowest BCUT2D eigenvalue weighted by molar-refractivity contribution is 0.102. The predicted molar refractivity (Wildman–Crippen MR) is 130 cm³/mol. The molecule has 1 N–H and O–H groups in total. The maximum atomic E-state index is 12.4. The Labute approximate surface area is 188 Å². The maximum Gasteiger partial charge on any atom is 0.255 e. The number of hydrogen-bond donors (Lipinski definition) is 1. The van der Waals surface area contributed by atoms with Gasteiger partial charge >= 0.3 is 0 Å². The molecule has 1 amide bonds. The number of methoxy groups -OCH3 is 1. The van der Waals surface area contributed by atoms with Gasteiger partial charge in [0.05, 0.1) is 7.11 Å². The summed E-state index contributed by atoms with van der Waals surface area (Å²) < 4.78 is 5.14. The number of piperazine rings is 1. The second-order valence-corrected chi connectivity index (χ2v) is 8.28. The average Bonchev–Trinajstić information content (AvgIpc) is 2.85. The van der Waals surface area contributed by atoms with Crippen molar-refractivity contribution < 1.29 is 9.53 Å². The van der Waals surface area contributed by atoms with Gasteiger partial charge < -0.3 is 19.9 Å². The van der Waals surface area contributed by atoms with Crippen LogP contribution in [0.4, 0.5) is 17.1 Å². The average molecular weight is 434 g/mol. The molecule has 31 heavy (non-hydrogen) atoms. The molecule has 0 unspecified atom stereocenters. The Morgan fingerprint density at radius 1 is 0.806 bits per heavy atom. The van der Waals surface area contributed by atoms with Crippen LogP contribution >= 0.6 is 11.8 Å². The topological polar surface area (TPSA) is 44.8 Å². The summed E-state index contributed by atoms with van der Waals surface area (Å²) in [6, 6.07) is 24.0. The highest BCUT2D eigenvalue weighted by Gasteiger charge is 2.17. The van der Waals surface area contributed by atoms with Crippen LogP contribution in [0.5, 0.6) is 5.75 Å². The first kappa shape index (κ1) is 21.1. The highest BCUT2D eigenvalue weighted by molar-refractivity contribution is 7.98. The number of rotatable bonds is 6. The molecule has 0 atom stereocenters. The molecule has 1 aliphatic heterocycles. The third kappa shape index (κ3) is 5.14. The molecule has 0 saturated carbocycles. The molecule has 6 heteroatoms. The van der Waals surface area contributed by atoms with E-state index < -0.39 is 0 Å². The number of nitrogens with one attached hydrogen (secondary N) is 1. The van der Waals surface area contributed by atoms with Crippen LogP contribution in [-0.4, -0.2) is 45.5 Å². The zero-order valence-corrected chi connectivity index (χ0v) is 18.7. The van der Waals surface area contributed by atoms with Crippen LogP contribution in [-0.2, 0) is 0 Å². The van der Waals surface area contributed by atoms with Crippen molar-refractivity contribution in [2.75, 3.05) is 54.7 Å². The normalized spacial score (nSPS) is 13.7. The SMILES string of the molecule is COc1ccc(C(=O)Nc2ccc(N3CCN(c4ccc(SC)cc4)CC3)cc2)cc1. The molecule has 5 nitrogen and oxygen atoms in total. The van der Waals surface area contributed by atoms with Crippen molar-refractivity contribution in [2.24, 2.45) is 0 Å². The summed E-state index contributed by atoms with van der Waals surface area (Å²) in [5.41, 5.74) is 3.86. The fraction of sp³-hybridized carbons (Fsp3) is 0.240. The number of thioether (sulfide) groups is 1. The summed E-state index contributed by atoms with van der Waals surface area (Å²) in [7, 11) is 1.61. The summed E-state index contributed by atoms with van der Waals surface area (Å²) in [6.45, 7) is 3.94. The first-order valence-electron chi connectivity index (χ1n) is 10.4. The summed E-state index contributed by atoms with van der Waals surface area (Å²) >= 11 is 1.77. The number of carbonyl (C=O) groups is 1. The van der Waals surface area contributed by atoms with Crippen LogP contribution in [0.3, 0.4) is 0 Å². The summed E-state index contributed by atoms with van der Waals surface area (Å²) in [6.07, 6.45) is 2.10. The van der Waals surface area contributed by atoms with Gasteiger partial charge in [-0.1, -0.05) is 0 Å². The molecule has 4 rings (SSSR count). The minimum absolute atomic E-state index is 0.128. The number of anilines is 3. The van der Waals surface area contributed by atoms with Crippen molar-refractivity contribution in [3.63, 3.8) is 0 Å². The van der Waals surface area contributed by atoms with E-state index in [0.29, 0.717) is 5.56 Å². The van der Waals surface area contributed by atoms with Gasteiger partial charge in [-0.25, -0.2) is 0 Å². The second kappa shape index (κ2) is 9.79. The first-order valence-corrected chi connectivity index (χ1v) is 11.6. The lowest BCUT2D eigenvalue weighted by Crippen LogP contribution is -2.46. The zero-order valence-electron chi connectivity index (χ0n) is 17.9. The summed E-state index contributed by atoms with van der Waals surface area (Å²) in [4.78, 5) is 18.6. The number of nitrogens with zero attached hydrogens (tertiary/aromatic N) is 2. The van der Waals surface area contributed by atoms with Gasteiger partial charge in [0.2, 0.25) is 0 Å². The highest BCUT2D eigenvalue weighted by Crippen LogP contribution is 2.24. The van der Waals surface area contributed by atoms with Gasteiger partial charge in [0.1, 0.15) is 5.75 Å². The molecule has 1 aliphatic rings. The fourth-order valence-electron chi connectivity index (χ4n) is 3.72. The van der Waals surface area contributed by atoms with Crippen molar-refractivity contribution in [1.82, 2.24) is 0 Å². The third-order valence-electron chi connectivity index (χ3n) is 5.56. The molecule has 0 aliphatic carbocycles. The van der Waals surface area contributed by atoms with E-state index in [4.69, 9.17) is 4.74 Å². The maximum absolute atomic E-state index is 12.4. The molecule has 3 aromatic carbocycles. The van der Waals surface area contributed by atoms with E-state index in [0.717, 1.165) is 37.6 Å². The Bertz CT molecular complexity index is 996. The van der Waals surface area contributed by atoms with Crippen molar-refractivity contribution in [1.29, 1.82) is 0 Å². The van der Waals surface area contributed by atoms with Crippen LogP contribution < -0.4 is 19.9 Å². The largest absolute Gasteiger partial charge is 0.497 e. The van der Waals surface area contributed by atoms with E-state index in [1.807, 2.05) is 12.1 Å². The minimum atomic E-state index is -0.128. The number of amides is 1.